The van der Waals surface area contributed by atoms with Gasteiger partial charge in [-0.25, -0.2) is 0 Å². The van der Waals surface area contributed by atoms with Crippen LogP contribution in [0.15, 0.2) is 24.3 Å². The summed E-state index contributed by atoms with van der Waals surface area (Å²) in [6.45, 7) is 5.42. The van der Waals surface area contributed by atoms with Gasteiger partial charge in [-0.2, -0.15) is 5.26 Å². The number of nitriles is 1. The molecule has 1 N–H and O–H groups in total. The Hall–Kier alpha value is -1.04. The van der Waals surface area contributed by atoms with E-state index in [4.69, 9.17) is 16.9 Å². The summed E-state index contributed by atoms with van der Waals surface area (Å²) < 4.78 is 0. The van der Waals surface area contributed by atoms with Crippen LogP contribution >= 0.6 is 11.6 Å². The molecular weight excluding hydrogens is 280 g/mol. The number of benzene rings is 1. The van der Waals surface area contributed by atoms with Crippen molar-refractivity contribution in [2.24, 2.45) is 11.3 Å². The van der Waals surface area contributed by atoms with Crippen molar-refractivity contribution in [2.45, 2.75) is 58.5 Å². The van der Waals surface area contributed by atoms with Gasteiger partial charge in [-0.1, -0.05) is 37.6 Å². The third-order valence-electron chi connectivity index (χ3n) is 5.15. The predicted molar refractivity (Wildman–Crippen MR) is 88.0 cm³/mol. The van der Waals surface area contributed by atoms with E-state index in [-0.39, 0.29) is 5.41 Å². The highest BCUT2D eigenvalue weighted by atomic mass is 35.5. The maximum absolute atomic E-state index is 9.10. The lowest BCUT2D eigenvalue weighted by molar-refractivity contribution is 0.105. The fourth-order valence-electron chi connectivity index (χ4n) is 3.38. The number of rotatable bonds is 5. The predicted octanol–water partition coefficient (Wildman–Crippen LogP) is 4.93. The van der Waals surface area contributed by atoms with Crippen LogP contribution in [0.5, 0.6) is 0 Å². The van der Waals surface area contributed by atoms with E-state index in [1.165, 1.54) is 18.4 Å². The summed E-state index contributed by atoms with van der Waals surface area (Å²) in [4.78, 5) is 0. The Balaban J connectivity index is 1.84. The molecule has 3 heteroatoms. The van der Waals surface area contributed by atoms with E-state index >= 15 is 0 Å². The van der Waals surface area contributed by atoms with Gasteiger partial charge >= 0.3 is 0 Å². The van der Waals surface area contributed by atoms with Gasteiger partial charge in [-0.15, -0.1) is 0 Å². The van der Waals surface area contributed by atoms with Crippen LogP contribution in [0.2, 0.25) is 5.02 Å². The summed E-state index contributed by atoms with van der Waals surface area (Å²) in [6, 6.07) is 11.0. The molecule has 0 aromatic heterocycles. The Bertz CT molecular complexity index is 479. The van der Waals surface area contributed by atoms with E-state index in [1.807, 2.05) is 12.1 Å². The van der Waals surface area contributed by atoms with Crippen LogP contribution in [-0.2, 0) is 6.54 Å². The van der Waals surface area contributed by atoms with E-state index in [1.54, 1.807) is 0 Å². The third-order valence-corrected chi connectivity index (χ3v) is 5.40. The summed E-state index contributed by atoms with van der Waals surface area (Å²) in [5.41, 5.74) is 1.52. The zero-order valence-corrected chi connectivity index (χ0v) is 13.8. The lowest BCUT2D eigenvalue weighted by Crippen LogP contribution is -2.39. The maximum atomic E-state index is 9.10. The van der Waals surface area contributed by atoms with Crippen molar-refractivity contribution in [1.29, 1.82) is 5.26 Å². The standard InChI is InChI=1S/C18H25ClN2/c1-14(2)18(11-12-20)9-7-17(8-10-18)21-13-15-3-5-16(19)6-4-15/h3-6,14,17,21H,7-11,13H2,1-2H3. The number of nitrogens with one attached hydrogen (secondary N) is 1. The van der Waals surface area contributed by atoms with E-state index in [9.17, 15) is 0 Å². The molecule has 21 heavy (non-hydrogen) atoms. The minimum absolute atomic E-state index is 0.243. The quantitative estimate of drug-likeness (QED) is 0.837. The number of halogens is 1. The molecule has 1 aromatic rings. The zero-order valence-electron chi connectivity index (χ0n) is 13.0. The highest BCUT2D eigenvalue weighted by molar-refractivity contribution is 6.30. The first-order chi connectivity index (χ1) is 10.1. The minimum Gasteiger partial charge on any atom is -0.310 e. The summed E-state index contributed by atoms with van der Waals surface area (Å²) in [5, 5.41) is 13.5. The van der Waals surface area contributed by atoms with Crippen LogP contribution in [0.4, 0.5) is 0 Å². The van der Waals surface area contributed by atoms with E-state index in [0.29, 0.717) is 18.4 Å². The molecule has 0 heterocycles. The Morgan fingerprint density at radius 3 is 2.43 bits per heavy atom. The second-order valence-electron chi connectivity index (χ2n) is 6.63. The van der Waals surface area contributed by atoms with Gasteiger partial charge < -0.3 is 5.32 Å². The largest absolute Gasteiger partial charge is 0.310 e. The first-order valence-electron chi connectivity index (χ1n) is 7.90. The van der Waals surface area contributed by atoms with Gasteiger partial charge in [0.2, 0.25) is 0 Å². The topological polar surface area (TPSA) is 35.8 Å². The van der Waals surface area contributed by atoms with Crippen molar-refractivity contribution in [2.75, 3.05) is 0 Å². The normalized spacial score (nSPS) is 25.8. The SMILES string of the molecule is CC(C)C1(CC#N)CCC(NCc2ccc(Cl)cc2)CC1. The Morgan fingerprint density at radius 2 is 1.90 bits per heavy atom. The molecule has 2 rings (SSSR count). The molecule has 0 spiro atoms. The minimum atomic E-state index is 0.243. The van der Waals surface area contributed by atoms with Crippen LogP contribution in [0.3, 0.4) is 0 Å². The summed E-state index contributed by atoms with van der Waals surface area (Å²) in [6.07, 6.45) is 5.38. The van der Waals surface area contributed by atoms with Crippen molar-refractivity contribution in [3.05, 3.63) is 34.9 Å². The molecule has 0 bridgehead atoms. The van der Waals surface area contributed by atoms with E-state index in [0.717, 1.165) is 24.4 Å². The van der Waals surface area contributed by atoms with Crippen molar-refractivity contribution in [3.63, 3.8) is 0 Å². The van der Waals surface area contributed by atoms with E-state index < -0.39 is 0 Å². The first kappa shape index (κ1) is 16.3. The zero-order chi connectivity index (χ0) is 15.3. The fraction of sp³-hybridized carbons (Fsp3) is 0.611. The van der Waals surface area contributed by atoms with Crippen LogP contribution < -0.4 is 5.32 Å². The average Bonchev–Trinajstić information content (AvgIpc) is 2.48. The molecular formula is C18H25ClN2. The summed E-state index contributed by atoms with van der Waals surface area (Å²) in [5.74, 6) is 0.592. The van der Waals surface area contributed by atoms with Crippen LogP contribution in [0.1, 0.15) is 51.5 Å². The molecule has 1 fully saturated rings. The van der Waals surface area contributed by atoms with Crippen molar-refractivity contribution in [1.82, 2.24) is 5.32 Å². The van der Waals surface area contributed by atoms with Crippen LogP contribution in [-0.4, -0.2) is 6.04 Å². The summed E-state index contributed by atoms with van der Waals surface area (Å²) in [7, 11) is 0. The molecule has 114 valence electrons. The Kier molecular flexibility index (Phi) is 5.67. The molecule has 0 radical (unpaired) electrons. The van der Waals surface area contributed by atoms with E-state index in [2.05, 4.69) is 37.4 Å². The van der Waals surface area contributed by atoms with Gasteiger partial charge in [0.25, 0.3) is 0 Å². The van der Waals surface area contributed by atoms with Crippen molar-refractivity contribution in [3.8, 4) is 6.07 Å². The molecule has 0 atom stereocenters. The van der Waals surface area contributed by atoms with Gasteiger partial charge in [0.15, 0.2) is 0 Å². The maximum Gasteiger partial charge on any atom is 0.0627 e. The van der Waals surface area contributed by atoms with Gasteiger partial charge in [-0.3, -0.25) is 0 Å². The van der Waals surface area contributed by atoms with Gasteiger partial charge in [0.05, 0.1) is 6.07 Å². The molecule has 0 amide bonds. The molecule has 1 saturated carbocycles. The average molecular weight is 305 g/mol. The smallest absolute Gasteiger partial charge is 0.0627 e. The van der Waals surface area contributed by atoms with Crippen molar-refractivity contribution < 1.29 is 0 Å². The first-order valence-corrected chi connectivity index (χ1v) is 8.28. The molecule has 1 aliphatic carbocycles. The molecule has 0 saturated heterocycles. The fourth-order valence-corrected chi connectivity index (χ4v) is 3.50. The lowest BCUT2D eigenvalue weighted by Gasteiger charge is -2.42. The molecule has 2 nitrogen and oxygen atoms in total. The van der Waals surface area contributed by atoms with Gasteiger partial charge in [-0.05, 0) is 54.7 Å². The lowest BCUT2D eigenvalue weighted by atomic mass is 9.64. The van der Waals surface area contributed by atoms with Gasteiger partial charge in [0.1, 0.15) is 0 Å². The summed E-state index contributed by atoms with van der Waals surface area (Å²) >= 11 is 5.90. The number of hydrogen-bond acceptors (Lipinski definition) is 2. The highest BCUT2D eigenvalue weighted by Crippen LogP contribution is 2.45. The molecule has 0 aliphatic heterocycles. The Morgan fingerprint density at radius 1 is 1.29 bits per heavy atom. The second kappa shape index (κ2) is 7.29. The van der Waals surface area contributed by atoms with Crippen LogP contribution in [0, 0.1) is 22.7 Å². The molecule has 0 unspecified atom stereocenters. The molecule has 1 aliphatic rings. The number of nitrogens with zero attached hydrogens (tertiary/aromatic N) is 1. The monoisotopic (exact) mass is 304 g/mol. The van der Waals surface area contributed by atoms with Crippen LogP contribution in [0.25, 0.3) is 0 Å². The second-order valence-corrected chi connectivity index (χ2v) is 7.07. The highest BCUT2D eigenvalue weighted by Gasteiger charge is 2.37. The molecule has 1 aromatic carbocycles. The van der Waals surface area contributed by atoms with Crippen molar-refractivity contribution >= 4 is 11.6 Å². The third kappa shape index (κ3) is 4.22. The number of hydrogen-bond donors (Lipinski definition) is 1. The van der Waals surface area contributed by atoms with Gasteiger partial charge in [0, 0.05) is 24.0 Å². The Labute approximate surface area is 133 Å².